The number of nitrogens with zero attached hydrogens (tertiary/aromatic N) is 2. The maximum Gasteiger partial charge on any atom is 0.257 e. The molecule has 1 aromatic heterocycles. The third-order valence-corrected chi connectivity index (χ3v) is 4.07. The highest BCUT2D eigenvalue weighted by Crippen LogP contribution is 2.08. The minimum Gasteiger partial charge on any atom is -0.256 e. The maximum absolute atomic E-state index is 11.8. The van der Waals surface area contributed by atoms with Gasteiger partial charge in [0, 0.05) is 18.4 Å². The number of aromatic nitrogens is 2. The summed E-state index contributed by atoms with van der Waals surface area (Å²) in [6.45, 7) is 1.83. The SMILES string of the molecule is CC(CCBr)NS(=O)(=O)c1ccnn1C. The van der Waals surface area contributed by atoms with Crippen molar-refractivity contribution in [3.63, 3.8) is 0 Å². The Balaban J connectivity index is 2.81. The van der Waals surface area contributed by atoms with Crippen LogP contribution in [0.3, 0.4) is 0 Å². The van der Waals surface area contributed by atoms with Crippen molar-refractivity contribution in [3.8, 4) is 0 Å². The van der Waals surface area contributed by atoms with Gasteiger partial charge in [0.2, 0.25) is 0 Å². The van der Waals surface area contributed by atoms with E-state index in [1.54, 1.807) is 7.05 Å². The molecule has 0 amide bonds. The summed E-state index contributed by atoms with van der Waals surface area (Å²) in [6.07, 6.45) is 2.21. The van der Waals surface area contributed by atoms with E-state index < -0.39 is 10.0 Å². The van der Waals surface area contributed by atoms with Crippen molar-refractivity contribution >= 4 is 26.0 Å². The van der Waals surface area contributed by atoms with E-state index >= 15 is 0 Å². The summed E-state index contributed by atoms with van der Waals surface area (Å²) in [6, 6.07) is 1.38. The molecule has 0 aromatic carbocycles. The molecule has 1 atom stereocenters. The lowest BCUT2D eigenvalue weighted by Crippen LogP contribution is -2.33. The molecule has 1 rings (SSSR count). The molecule has 5 nitrogen and oxygen atoms in total. The number of nitrogens with one attached hydrogen (secondary N) is 1. The lowest BCUT2D eigenvalue weighted by Gasteiger charge is -2.12. The van der Waals surface area contributed by atoms with Gasteiger partial charge in [0.1, 0.15) is 0 Å². The minimum absolute atomic E-state index is 0.0933. The van der Waals surface area contributed by atoms with E-state index in [2.05, 4.69) is 25.8 Å². The number of aryl methyl sites for hydroxylation is 1. The highest BCUT2D eigenvalue weighted by molar-refractivity contribution is 9.09. The van der Waals surface area contributed by atoms with E-state index in [-0.39, 0.29) is 11.1 Å². The second-order valence-corrected chi connectivity index (χ2v) is 5.75. The number of alkyl halides is 1. The molecule has 1 aromatic rings. The first kappa shape index (κ1) is 12.7. The number of hydrogen-bond acceptors (Lipinski definition) is 3. The zero-order valence-corrected chi connectivity index (χ0v) is 11.0. The predicted octanol–water partition coefficient (Wildman–Crippen LogP) is 0.872. The molecule has 7 heteroatoms. The molecule has 0 aliphatic rings. The Morgan fingerprint density at radius 1 is 1.67 bits per heavy atom. The third-order valence-electron chi connectivity index (χ3n) is 1.95. The highest BCUT2D eigenvalue weighted by atomic mass is 79.9. The van der Waals surface area contributed by atoms with Gasteiger partial charge in [-0.2, -0.15) is 5.10 Å². The molecule has 86 valence electrons. The fourth-order valence-electron chi connectivity index (χ4n) is 1.17. The van der Waals surface area contributed by atoms with Crippen molar-refractivity contribution in [1.82, 2.24) is 14.5 Å². The molecule has 0 bridgehead atoms. The van der Waals surface area contributed by atoms with E-state index in [1.165, 1.54) is 16.9 Å². The quantitative estimate of drug-likeness (QED) is 0.820. The van der Waals surface area contributed by atoms with Crippen LogP contribution < -0.4 is 4.72 Å². The fourth-order valence-corrected chi connectivity index (χ4v) is 3.26. The van der Waals surface area contributed by atoms with E-state index in [9.17, 15) is 8.42 Å². The first-order valence-electron chi connectivity index (χ1n) is 4.53. The minimum atomic E-state index is -3.44. The zero-order chi connectivity index (χ0) is 11.5. The van der Waals surface area contributed by atoms with E-state index in [0.29, 0.717) is 0 Å². The number of sulfonamides is 1. The van der Waals surface area contributed by atoms with Gasteiger partial charge < -0.3 is 0 Å². The maximum atomic E-state index is 11.8. The van der Waals surface area contributed by atoms with Gasteiger partial charge in [0.15, 0.2) is 5.03 Å². The van der Waals surface area contributed by atoms with E-state index in [1.807, 2.05) is 6.92 Å². The van der Waals surface area contributed by atoms with Gasteiger partial charge >= 0.3 is 0 Å². The van der Waals surface area contributed by atoms with Crippen LogP contribution in [0.15, 0.2) is 17.3 Å². The molecule has 0 fully saturated rings. The second kappa shape index (κ2) is 5.09. The molecule has 1 N–H and O–H groups in total. The lowest BCUT2D eigenvalue weighted by molar-refractivity contribution is 0.542. The molecular weight excluding hydrogens is 282 g/mol. The van der Waals surface area contributed by atoms with Crippen LogP contribution in [0.5, 0.6) is 0 Å². The van der Waals surface area contributed by atoms with Gasteiger partial charge in [-0.05, 0) is 19.4 Å². The summed E-state index contributed by atoms with van der Waals surface area (Å²) < 4.78 is 27.5. The van der Waals surface area contributed by atoms with Gasteiger partial charge in [-0.1, -0.05) is 15.9 Å². The Morgan fingerprint density at radius 2 is 2.33 bits per heavy atom. The molecule has 0 radical (unpaired) electrons. The predicted molar refractivity (Wildman–Crippen MR) is 61.4 cm³/mol. The van der Waals surface area contributed by atoms with Crippen LogP contribution in [0, 0.1) is 0 Å². The summed E-state index contributed by atoms with van der Waals surface area (Å²) in [5.74, 6) is 0. The number of halogens is 1. The van der Waals surface area contributed by atoms with Crippen LogP contribution >= 0.6 is 15.9 Å². The first-order valence-corrected chi connectivity index (χ1v) is 7.14. The molecular formula is C8H14BrN3O2S. The Morgan fingerprint density at radius 3 is 2.80 bits per heavy atom. The average Bonchev–Trinajstić information content (AvgIpc) is 2.51. The fraction of sp³-hybridized carbons (Fsp3) is 0.625. The van der Waals surface area contributed by atoms with Crippen molar-refractivity contribution < 1.29 is 8.42 Å². The number of hydrogen-bond donors (Lipinski definition) is 1. The molecule has 0 aliphatic heterocycles. The van der Waals surface area contributed by atoms with Crippen molar-refractivity contribution in [2.45, 2.75) is 24.4 Å². The molecule has 1 unspecified atom stereocenters. The lowest BCUT2D eigenvalue weighted by atomic mass is 10.3. The summed E-state index contributed by atoms with van der Waals surface area (Å²) >= 11 is 3.27. The Kier molecular flexibility index (Phi) is 4.30. The van der Waals surface area contributed by atoms with Crippen LogP contribution in [-0.2, 0) is 17.1 Å². The summed E-state index contributed by atoms with van der Waals surface area (Å²) in [7, 11) is -1.84. The molecule has 0 saturated carbocycles. The Labute approximate surface area is 98.0 Å². The molecule has 15 heavy (non-hydrogen) atoms. The standard InChI is InChI=1S/C8H14BrN3O2S/c1-7(3-5-9)11-15(13,14)8-4-6-10-12(8)2/h4,6-7,11H,3,5H2,1-2H3. The van der Waals surface area contributed by atoms with Crippen LogP contribution in [-0.4, -0.2) is 29.6 Å². The van der Waals surface area contributed by atoms with Gasteiger partial charge in [-0.3, -0.25) is 4.68 Å². The summed E-state index contributed by atoms with van der Waals surface area (Å²) in [5.41, 5.74) is 0. The number of rotatable bonds is 5. The monoisotopic (exact) mass is 295 g/mol. The largest absolute Gasteiger partial charge is 0.257 e. The first-order chi connectivity index (χ1) is 6.97. The summed E-state index contributed by atoms with van der Waals surface area (Å²) in [5, 5.41) is 4.77. The summed E-state index contributed by atoms with van der Waals surface area (Å²) in [4.78, 5) is 0. The van der Waals surface area contributed by atoms with Crippen molar-refractivity contribution in [2.24, 2.45) is 7.05 Å². The van der Waals surface area contributed by atoms with Crippen LogP contribution in [0.1, 0.15) is 13.3 Å². The Hall–Kier alpha value is -0.400. The average molecular weight is 296 g/mol. The van der Waals surface area contributed by atoms with Gasteiger partial charge in [0.05, 0.1) is 6.20 Å². The smallest absolute Gasteiger partial charge is 0.256 e. The molecule has 0 spiro atoms. The van der Waals surface area contributed by atoms with Crippen LogP contribution in [0.25, 0.3) is 0 Å². The van der Waals surface area contributed by atoms with E-state index in [0.717, 1.165) is 11.8 Å². The Bertz CT molecular complexity index is 415. The molecule has 1 heterocycles. The molecule has 0 saturated heterocycles. The van der Waals surface area contributed by atoms with Gasteiger partial charge in [-0.15, -0.1) is 0 Å². The van der Waals surface area contributed by atoms with E-state index in [4.69, 9.17) is 0 Å². The topological polar surface area (TPSA) is 64.0 Å². The van der Waals surface area contributed by atoms with Gasteiger partial charge in [0.25, 0.3) is 10.0 Å². The second-order valence-electron chi connectivity index (χ2n) is 3.29. The normalized spacial score (nSPS) is 14.1. The van der Waals surface area contributed by atoms with Crippen LogP contribution in [0.2, 0.25) is 0 Å². The van der Waals surface area contributed by atoms with Crippen LogP contribution in [0.4, 0.5) is 0 Å². The van der Waals surface area contributed by atoms with Crippen molar-refractivity contribution in [1.29, 1.82) is 0 Å². The van der Waals surface area contributed by atoms with Crippen molar-refractivity contribution in [3.05, 3.63) is 12.3 Å². The highest BCUT2D eigenvalue weighted by Gasteiger charge is 2.19. The van der Waals surface area contributed by atoms with Gasteiger partial charge in [-0.25, -0.2) is 13.1 Å². The molecule has 0 aliphatic carbocycles. The third kappa shape index (κ3) is 3.29. The zero-order valence-electron chi connectivity index (χ0n) is 8.64. The van der Waals surface area contributed by atoms with Crippen molar-refractivity contribution in [2.75, 3.05) is 5.33 Å².